The van der Waals surface area contributed by atoms with E-state index >= 15 is 0 Å². The molecule has 0 radical (unpaired) electrons. The maximum Gasteiger partial charge on any atom is 0.317 e. The largest absolute Gasteiger partial charge is 0.497 e. The molecule has 2 amide bonds. The highest BCUT2D eigenvalue weighted by Crippen LogP contribution is 2.12. The van der Waals surface area contributed by atoms with Gasteiger partial charge in [0, 0.05) is 19.6 Å². The molecule has 1 N–H and O–H groups in total. The summed E-state index contributed by atoms with van der Waals surface area (Å²) in [5.74, 6) is 0.819. The van der Waals surface area contributed by atoms with Crippen LogP contribution >= 0.6 is 0 Å². The minimum atomic E-state index is -0.0254. The number of benzene rings is 1. The van der Waals surface area contributed by atoms with Crippen LogP contribution in [-0.2, 0) is 11.3 Å². The lowest BCUT2D eigenvalue weighted by atomic mass is 10.2. The Morgan fingerprint density at radius 2 is 2.20 bits per heavy atom. The van der Waals surface area contributed by atoms with Gasteiger partial charge in [0.2, 0.25) is 0 Å². The molecule has 1 saturated heterocycles. The van der Waals surface area contributed by atoms with Gasteiger partial charge in [-0.3, -0.25) is 0 Å². The van der Waals surface area contributed by atoms with Gasteiger partial charge in [0.05, 0.1) is 19.8 Å². The first-order chi connectivity index (χ1) is 9.72. The quantitative estimate of drug-likeness (QED) is 0.916. The van der Waals surface area contributed by atoms with Crippen molar-refractivity contribution in [3.8, 4) is 5.75 Å². The molecule has 1 unspecified atom stereocenters. The van der Waals surface area contributed by atoms with Crippen molar-refractivity contribution in [1.29, 1.82) is 0 Å². The number of hydrogen-bond donors (Lipinski definition) is 1. The second-order valence-corrected chi connectivity index (χ2v) is 4.85. The summed E-state index contributed by atoms with van der Waals surface area (Å²) in [5.41, 5.74) is 1.06. The highest BCUT2D eigenvalue weighted by Gasteiger charge is 2.22. The summed E-state index contributed by atoms with van der Waals surface area (Å²) in [6.45, 7) is 4.55. The lowest BCUT2D eigenvalue weighted by molar-refractivity contribution is -0.0154. The molecule has 1 fully saturated rings. The summed E-state index contributed by atoms with van der Waals surface area (Å²) in [6, 6.07) is 7.66. The van der Waals surface area contributed by atoms with Crippen LogP contribution in [0.15, 0.2) is 24.3 Å². The zero-order chi connectivity index (χ0) is 14.4. The van der Waals surface area contributed by atoms with Crippen molar-refractivity contribution in [3.63, 3.8) is 0 Å². The topological polar surface area (TPSA) is 50.8 Å². The molecule has 1 heterocycles. The molecule has 1 aliphatic heterocycles. The second kappa shape index (κ2) is 7.14. The van der Waals surface area contributed by atoms with Crippen LogP contribution < -0.4 is 10.1 Å². The van der Waals surface area contributed by atoms with Crippen LogP contribution in [0.2, 0.25) is 0 Å². The average Bonchev–Trinajstić information content (AvgIpc) is 2.53. The molecule has 1 aliphatic rings. The maximum absolute atomic E-state index is 12.1. The third-order valence-corrected chi connectivity index (χ3v) is 3.48. The van der Waals surface area contributed by atoms with E-state index in [0.717, 1.165) is 17.7 Å². The third-order valence-electron chi connectivity index (χ3n) is 3.48. The summed E-state index contributed by atoms with van der Waals surface area (Å²) in [7, 11) is 1.64. The van der Waals surface area contributed by atoms with Gasteiger partial charge in [0.25, 0.3) is 0 Å². The van der Waals surface area contributed by atoms with Gasteiger partial charge in [-0.2, -0.15) is 0 Å². The van der Waals surface area contributed by atoms with Crippen molar-refractivity contribution >= 4 is 6.03 Å². The van der Waals surface area contributed by atoms with Crippen LogP contribution in [-0.4, -0.2) is 43.8 Å². The lowest BCUT2D eigenvalue weighted by Crippen LogP contribution is -2.49. The molecule has 0 spiro atoms. The SMILES string of the molecule is CCC1CN(C(=O)NCc2ccc(OC)cc2)CCO1. The Kier molecular flexibility index (Phi) is 5.24. The Hall–Kier alpha value is -1.75. The fourth-order valence-electron chi connectivity index (χ4n) is 2.18. The smallest absolute Gasteiger partial charge is 0.317 e. The van der Waals surface area contributed by atoms with Gasteiger partial charge in [0.15, 0.2) is 0 Å². The third kappa shape index (κ3) is 3.87. The summed E-state index contributed by atoms with van der Waals surface area (Å²) in [5, 5.41) is 2.94. The van der Waals surface area contributed by atoms with Crippen LogP contribution in [0.25, 0.3) is 0 Å². The monoisotopic (exact) mass is 278 g/mol. The average molecular weight is 278 g/mol. The first-order valence-corrected chi connectivity index (χ1v) is 7.00. The number of hydrogen-bond acceptors (Lipinski definition) is 3. The molecule has 2 rings (SSSR count). The van der Waals surface area contributed by atoms with E-state index in [1.807, 2.05) is 29.2 Å². The van der Waals surface area contributed by atoms with Gasteiger partial charge < -0.3 is 19.7 Å². The number of morpholine rings is 1. The van der Waals surface area contributed by atoms with Gasteiger partial charge in [-0.05, 0) is 24.1 Å². The Morgan fingerprint density at radius 3 is 2.85 bits per heavy atom. The minimum Gasteiger partial charge on any atom is -0.497 e. The summed E-state index contributed by atoms with van der Waals surface area (Å²) in [6.07, 6.45) is 1.10. The first-order valence-electron chi connectivity index (χ1n) is 7.00. The molecule has 0 saturated carbocycles. The predicted molar refractivity (Wildman–Crippen MR) is 76.8 cm³/mol. The fraction of sp³-hybridized carbons (Fsp3) is 0.533. The number of rotatable bonds is 4. The van der Waals surface area contributed by atoms with Gasteiger partial charge in [-0.25, -0.2) is 4.79 Å². The molecular weight excluding hydrogens is 256 g/mol. The number of carbonyl (C=O) groups excluding carboxylic acids is 1. The standard InChI is InChI=1S/C15H22N2O3/c1-3-13-11-17(8-9-20-13)15(18)16-10-12-4-6-14(19-2)7-5-12/h4-7,13H,3,8-11H2,1-2H3,(H,16,18). The first kappa shape index (κ1) is 14.7. The Labute approximate surface area is 119 Å². The van der Waals surface area contributed by atoms with Crippen molar-refractivity contribution in [2.75, 3.05) is 26.8 Å². The van der Waals surface area contributed by atoms with Crippen molar-refractivity contribution in [3.05, 3.63) is 29.8 Å². The lowest BCUT2D eigenvalue weighted by Gasteiger charge is -2.32. The zero-order valence-corrected chi connectivity index (χ0v) is 12.1. The molecule has 0 aliphatic carbocycles. The van der Waals surface area contributed by atoms with Crippen molar-refractivity contribution in [1.82, 2.24) is 10.2 Å². The molecule has 0 aromatic heterocycles. The van der Waals surface area contributed by atoms with Crippen LogP contribution in [0.1, 0.15) is 18.9 Å². The summed E-state index contributed by atoms with van der Waals surface area (Å²) >= 11 is 0. The van der Waals surface area contributed by atoms with E-state index in [9.17, 15) is 4.79 Å². The number of amides is 2. The van der Waals surface area contributed by atoms with Crippen LogP contribution in [0.3, 0.4) is 0 Å². The molecular formula is C15H22N2O3. The molecule has 20 heavy (non-hydrogen) atoms. The molecule has 0 bridgehead atoms. The normalized spacial score (nSPS) is 18.7. The second-order valence-electron chi connectivity index (χ2n) is 4.85. The highest BCUT2D eigenvalue weighted by molar-refractivity contribution is 5.74. The van der Waals surface area contributed by atoms with Gasteiger partial charge in [-0.15, -0.1) is 0 Å². The van der Waals surface area contributed by atoms with Crippen molar-refractivity contribution < 1.29 is 14.3 Å². The molecule has 1 aromatic rings. The van der Waals surface area contributed by atoms with E-state index in [1.165, 1.54) is 0 Å². The van der Waals surface area contributed by atoms with E-state index in [1.54, 1.807) is 7.11 Å². The minimum absolute atomic E-state index is 0.0254. The number of methoxy groups -OCH3 is 1. The number of ether oxygens (including phenoxy) is 2. The van der Waals surface area contributed by atoms with Gasteiger partial charge in [0.1, 0.15) is 5.75 Å². The maximum atomic E-state index is 12.1. The van der Waals surface area contributed by atoms with Gasteiger partial charge in [-0.1, -0.05) is 19.1 Å². The van der Waals surface area contributed by atoms with Crippen molar-refractivity contribution in [2.24, 2.45) is 0 Å². The Bertz CT molecular complexity index is 433. The van der Waals surface area contributed by atoms with E-state index in [2.05, 4.69) is 12.2 Å². The number of carbonyl (C=O) groups is 1. The Balaban J connectivity index is 1.81. The van der Waals surface area contributed by atoms with E-state index in [4.69, 9.17) is 9.47 Å². The fourth-order valence-corrected chi connectivity index (χ4v) is 2.18. The zero-order valence-electron chi connectivity index (χ0n) is 12.1. The number of nitrogens with one attached hydrogen (secondary N) is 1. The van der Waals surface area contributed by atoms with E-state index in [-0.39, 0.29) is 12.1 Å². The molecule has 5 nitrogen and oxygen atoms in total. The molecule has 110 valence electrons. The predicted octanol–water partition coefficient (Wildman–Crippen LogP) is 2.02. The van der Waals surface area contributed by atoms with Crippen LogP contribution in [0.4, 0.5) is 4.79 Å². The molecule has 5 heteroatoms. The number of urea groups is 1. The molecule has 1 atom stereocenters. The van der Waals surface area contributed by atoms with Gasteiger partial charge >= 0.3 is 6.03 Å². The Morgan fingerprint density at radius 1 is 1.45 bits per heavy atom. The highest BCUT2D eigenvalue weighted by atomic mass is 16.5. The summed E-state index contributed by atoms with van der Waals surface area (Å²) in [4.78, 5) is 13.9. The number of nitrogens with zero attached hydrogens (tertiary/aromatic N) is 1. The van der Waals surface area contributed by atoms with Crippen LogP contribution in [0.5, 0.6) is 5.75 Å². The van der Waals surface area contributed by atoms with E-state index in [0.29, 0.717) is 26.2 Å². The van der Waals surface area contributed by atoms with Crippen molar-refractivity contribution in [2.45, 2.75) is 26.0 Å². The molecule has 1 aromatic carbocycles. The van der Waals surface area contributed by atoms with Crippen LogP contribution in [0, 0.1) is 0 Å². The van der Waals surface area contributed by atoms with E-state index < -0.39 is 0 Å². The summed E-state index contributed by atoms with van der Waals surface area (Å²) < 4.78 is 10.7.